The Balaban J connectivity index is 1.78. The minimum Gasteiger partial charge on any atom is -0.489 e. The maximum atomic E-state index is 12.1. The zero-order valence-electron chi connectivity index (χ0n) is 13.1. The van der Waals surface area contributed by atoms with Crippen LogP contribution in [0.2, 0.25) is 0 Å². The molecule has 0 spiro atoms. The molecule has 1 aliphatic rings. The Labute approximate surface area is 131 Å². The Morgan fingerprint density at radius 3 is 2.91 bits per heavy atom. The smallest absolute Gasteiger partial charge is 0.251 e. The molecule has 1 heterocycles. The minimum atomic E-state index is -0.0750. The van der Waals surface area contributed by atoms with Gasteiger partial charge in [0.1, 0.15) is 12.4 Å². The third-order valence-corrected chi connectivity index (χ3v) is 3.40. The third kappa shape index (κ3) is 5.50. The summed E-state index contributed by atoms with van der Waals surface area (Å²) in [6, 6.07) is 7.21. The van der Waals surface area contributed by atoms with Crippen molar-refractivity contribution in [3.63, 3.8) is 0 Å². The van der Waals surface area contributed by atoms with Gasteiger partial charge < -0.3 is 14.8 Å². The lowest BCUT2D eigenvalue weighted by Gasteiger charge is -2.26. The summed E-state index contributed by atoms with van der Waals surface area (Å²) in [7, 11) is 0. The molecule has 2 rings (SSSR count). The highest BCUT2D eigenvalue weighted by atomic mass is 16.5. The van der Waals surface area contributed by atoms with Crippen LogP contribution in [0.25, 0.3) is 0 Å². The topological polar surface area (TPSA) is 50.8 Å². The predicted molar refractivity (Wildman–Crippen MR) is 86.3 cm³/mol. The van der Waals surface area contributed by atoms with Crippen LogP contribution in [0.1, 0.15) is 17.3 Å². The van der Waals surface area contributed by atoms with Crippen LogP contribution >= 0.6 is 0 Å². The molecule has 22 heavy (non-hydrogen) atoms. The average molecular weight is 304 g/mol. The van der Waals surface area contributed by atoms with Gasteiger partial charge in [-0.3, -0.25) is 9.69 Å². The summed E-state index contributed by atoms with van der Waals surface area (Å²) >= 11 is 0. The second-order valence-corrected chi connectivity index (χ2v) is 5.48. The lowest BCUT2D eigenvalue weighted by atomic mass is 10.2. The summed E-state index contributed by atoms with van der Waals surface area (Å²) in [5.41, 5.74) is 1.56. The average Bonchev–Trinajstić information content (AvgIpc) is 2.54. The molecule has 5 heteroatoms. The Bertz CT molecular complexity index is 510. The molecule has 120 valence electrons. The number of ether oxygens (including phenoxy) is 2. The first-order valence-electron chi connectivity index (χ1n) is 7.60. The highest BCUT2D eigenvalue weighted by Crippen LogP contribution is 2.14. The third-order valence-electron chi connectivity index (χ3n) is 3.40. The van der Waals surface area contributed by atoms with E-state index in [0.717, 1.165) is 38.4 Å². The predicted octanol–water partition coefficient (Wildman–Crippen LogP) is 1.70. The van der Waals surface area contributed by atoms with Gasteiger partial charge in [-0.2, -0.15) is 0 Å². The Kier molecular flexibility index (Phi) is 6.43. The van der Waals surface area contributed by atoms with E-state index in [1.54, 1.807) is 12.1 Å². The molecule has 1 aliphatic heterocycles. The molecule has 5 nitrogen and oxygen atoms in total. The maximum Gasteiger partial charge on any atom is 0.251 e. The molecule has 1 N–H and O–H groups in total. The molecular formula is C17H24N2O3. The number of rotatable bonds is 7. The van der Waals surface area contributed by atoms with E-state index in [4.69, 9.17) is 9.47 Å². The molecule has 1 saturated heterocycles. The second-order valence-electron chi connectivity index (χ2n) is 5.48. The fourth-order valence-corrected chi connectivity index (χ4v) is 2.19. The van der Waals surface area contributed by atoms with Gasteiger partial charge in [0.2, 0.25) is 0 Å². The summed E-state index contributed by atoms with van der Waals surface area (Å²) in [6.07, 6.45) is 0. The van der Waals surface area contributed by atoms with Crippen molar-refractivity contribution >= 4 is 5.91 Å². The number of morpholine rings is 1. The van der Waals surface area contributed by atoms with E-state index < -0.39 is 0 Å². The molecule has 1 aromatic carbocycles. The van der Waals surface area contributed by atoms with Gasteiger partial charge in [-0.25, -0.2) is 0 Å². The van der Waals surface area contributed by atoms with E-state index in [1.807, 2.05) is 19.1 Å². The Morgan fingerprint density at radius 1 is 1.41 bits per heavy atom. The van der Waals surface area contributed by atoms with Crippen LogP contribution in [0.15, 0.2) is 36.4 Å². The maximum absolute atomic E-state index is 12.1. The second kappa shape index (κ2) is 8.56. The van der Waals surface area contributed by atoms with Crippen molar-refractivity contribution < 1.29 is 14.3 Å². The van der Waals surface area contributed by atoms with Gasteiger partial charge >= 0.3 is 0 Å². The Morgan fingerprint density at radius 2 is 2.18 bits per heavy atom. The highest BCUT2D eigenvalue weighted by molar-refractivity contribution is 5.94. The van der Waals surface area contributed by atoms with Crippen molar-refractivity contribution in [2.45, 2.75) is 6.92 Å². The van der Waals surface area contributed by atoms with Crippen LogP contribution in [-0.2, 0) is 4.74 Å². The first-order chi connectivity index (χ1) is 10.6. The van der Waals surface area contributed by atoms with Crippen LogP contribution in [0.5, 0.6) is 5.75 Å². The van der Waals surface area contributed by atoms with Crippen LogP contribution in [0, 0.1) is 0 Å². The molecule has 1 amide bonds. The summed E-state index contributed by atoms with van der Waals surface area (Å²) in [6.45, 7) is 11.1. The molecule has 0 aliphatic carbocycles. The Hall–Kier alpha value is -1.85. The van der Waals surface area contributed by atoms with Crippen LogP contribution in [-0.4, -0.2) is 56.8 Å². The summed E-state index contributed by atoms with van der Waals surface area (Å²) in [5.74, 6) is 0.609. The fraction of sp³-hybridized carbons (Fsp3) is 0.471. The molecule has 0 unspecified atom stereocenters. The number of carbonyl (C=O) groups excluding carboxylic acids is 1. The summed E-state index contributed by atoms with van der Waals surface area (Å²) < 4.78 is 10.9. The number of amides is 1. The number of hydrogen-bond donors (Lipinski definition) is 1. The van der Waals surface area contributed by atoms with Crippen LogP contribution in [0.4, 0.5) is 0 Å². The van der Waals surface area contributed by atoms with Crippen molar-refractivity contribution in [1.29, 1.82) is 0 Å². The van der Waals surface area contributed by atoms with Gasteiger partial charge in [-0.15, -0.1) is 0 Å². The molecule has 0 bridgehead atoms. The number of hydrogen-bond acceptors (Lipinski definition) is 4. The van der Waals surface area contributed by atoms with Crippen molar-refractivity contribution in [3.05, 3.63) is 42.0 Å². The molecule has 0 atom stereocenters. The minimum absolute atomic E-state index is 0.0750. The molecule has 1 fully saturated rings. The zero-order valence-corrected chi connectivity index (χ0v) is 13.1. The zero-order chi connectivity index (χ0) is 15.8. The fourth-order valence-electron chi connectivity index (χ4n) is 2.19. The SMILES string of the molecule is C=C(C)COc1cccc(C(=O)NCCN2CCOCC2)c1. The van der Waals surface area contributed by atoms with Crippen LogP contribution < -0.4 is 10.1 Å². The van der Waals surface area contributed by atoms with Gasteiger partial charge in [0.05, 0.1) is 13.2 Å². The van der Waals surface area contributed by atoms with Gasteiger partial charge in [-0.05, 0) is 30.7 Å². The molecule has 0 radical (unpaired) electrons. The standard InChI is InChI=1S/C17H24N2O3/c1-14(2)13-22-16-5-3-4-15(12-16)17(20)18-6-7-19-8-10-21-11-9-19/h3-5,12H,1,6-11,13H2,2H3,(H,18,20). The van der Waals surface area contributed by atoms with Gasteiger partial charge in [0.25, 0.3) is 5.91 Å². The first kappa shape index (κ1) is 16.5. The number of nitrogens with zero attached hydrogens (tertiary/aromatic N) is 1. The first-order valence-corrected chi connectivity index (χ1v) is 7.60. The quantitative estimate of drug-likeness (QED) is 0.779. The number of carbonyl (C=O) groups is 1. The molecule has 0 aromatic heterocycles. The van der Waals surface area contributed by atoms with E-state index in [2.05, 4.69) is 16.8 Å². The van der Waals surface area contributed by atoms with Crippen molar-refractivity contribution in [2.24, 2.45) is 0 Å². The van der Waals surface area contributed by atoms with Crippen molar-refractivity contribution in [1.82, 2.24) is 10.2 Å². The van der Waals surface area contributed by atoms with Crippen molar-refractivity contribution in [2.75, 3.05) is 46.0 Å². The van der Waals surface area contributed by atoms with Gasteiger partial charge in [0, 0.05) is 31.7 Å². The van der Waals surface area contributed by atoms with E-state index >= 15 is 0 Å². The number of nitrogens with one attached hydrogen (secondary N) is 1. The lowest BCUT2D eigenvalue weighted by Crippen LogP contribution is -2.41. The van der Waals surface area contributed by atoms with Crippen molar-refractivity contribution in [3.8, 4) is 5.75 Å². The van der Waals surface area contributed by atoms with E-state index in [-0.39, 0.29) is 5.91 Å². The summed E-state index contributed by atoms with van der Waals surface area (Å²) in [5, 5.41) is 2.94. The lowest BCUT2D eigenvalue weighted by molar-refractivity contribution is 0.0383. The normalized spacial score (nSPS) is 15.3. The van der Waals surface area contributed by atoms with Gasteiger partial charge in [-0.1, -0.05) is 12.6 Å². The van der Waals surface area contributed by atoms with Gasteiger partial charge in [0.15, 0.2) is 0 Å². The molecule has 0 saturated carbocycles. The largest absolute Gasteiger partial charge is 0.489 e. The monoisotopic (exact) mass is 304 g/mol. The highest BCUT2D eigenvalue weighted by Gasteiger charge is 2.11. The molecule has 1 aromatic rings. The van der Waals surface area contributed by atoms with E-state index in [1.165, 1.54) is 0 Å². The number of benzene rings is 1. The van der Waals surface area contributed by atoms with E-state index in [9.17, 15) is 4.79 Å². The van der Waals surface area contributed by atoms with E-state index in [0.29, 0.717) is 24.5 Å². The summed E-state index contributed by atoms with van der Waals surface area (Å²) in [4.78, 5) is 14.4. The molecular weight excluding hydrogens is 280 g/mol. The van der Waals surface area contributed by atoms with Crippen LogP contribution in [0.3, 0.4) is 0 Å².